The Morgan fingerprint density at radius 1 is 0.914 bits per heavy atom. The van der Waals surface area contributed by atoms with Gasteiger partial charge in [0.05, 0.1) is 43.2 Å². The normalized spacial score (nSPS) is 16.3. The van der Waals surface area contributed by atoms with Gasteiger partial charge in [0.15, 0.2) is 11.5 Å². The number of sulfonamides is 1. The first-order valence-electron chi connectivity index (χ1n) is 11.2. The Hall–Kier alpha value is -3.15. The standard InChI is InChI=1S/C24H30N4O6S/c1-16(23-25-20-15-22(34-5)21(33-4)14-19(20)24(29)26(23)2)27-10-12-28(13-11-27)35(30,31)18-8-6-17(32-3)7-9-18/h6-9,14-16H,10-13H2,1-5H3. The first-order valence-corrected chi connectivity index (χ1v) is 12.7. The molecule has 1 aliphatic rings. The number of rotatable bonds is 7. The number of hydrogen-bond donors (Lipinski definition) is 0. The molecule has 1 saturated heterocycles. The summed E-state index contributed by atoms with van der Waals surface area (Å²) >= 11 is 0. The molecule has 1 atom stereocenters. The van der Waals surface area contributed by atoms with Crippen molar-refractivity contribution in [1.29, 1.82) is 0 Å². The van der Waals surface area contributed by atoms with E-state index in [-0.39, 0.29) is 16.5 Å². The van der Waals surface area contributed by atoms with Crippen LogP contribution in [0.15, 0.2) is 46.1 Å². The van der Waals surface area contributed by atoms with Crippen LogP contribution >= 0.6 is 0 Å². The van der Waals surface area contributed by atoms with E-state index in [0.29, 0.717) is 60.2 Å². The molecule has 1 unspecified atom stereocenters. The third-order valence-electron chi connectivity index (χ3n) is 6.51. The van der Waals surface area contributed by atoms with Gasteiger partial charge in [0.25, 0.3) is 5.56 Å². The average molecular weight is 503 g/mol. The molecule has 0 spiro atoms. The Morgan fingerprint density at radius 2 is 1.51 bits per heavy atom. The fraction of sp³-hybridized carbons (Fsp3) is 0.417. The van der Waals surface area contributed by atoms with Gasteiger partial charge in [-0.05, 0) is 37.3 Å². The van der Waals surface area contributed by atoms with Crippen LogP contribution < -0.4 is 19.8 Å². The SMILES string of the molecule is COc1ccc(S(=O)(=O)N2CCN(C(C)c3nc4cc(OC)c(OC)cc4c(=O)n3C)CC2)cc1. The van der Waals surface area contributed by atoms with Crippen LogP contribution in [0, 0.1) is 0 Å². The number of nitrogens with zero attached hydrogens (tertiary/aromatic N) is 4. The van der Waals surface area contributed by atoms with Crippen LogP contribution in [0.3, 0.4) is 0 Å². The van der Waals surface area contributed by atoms with E-state index in [2.05, 4.69) is 4.90 Å². The van der Waals surface area contributed by atoms with Gasteiger partial charge in [0, 0.05) is 39.3 Å². The monoisotopic (exact) mass is 502 g/mol. The number of methoxy groups -OCH3 is 3. The summed E-state index contributed by atoms with van der Waals surface area (Å²) < 4.78 is 45.0. The minimum absolute atomic E-state index is 0.182. The molecule has 0 bridgehead atoms. The van der Waals surface area contributed by atoms with E-state index in [1.807, 2.05) is 6.92 Å². The van der Waals surface area contributed by atoms with Gasteiger partial charge in [0.2, 0.25) is 10.0 Å². The van der Waals surface area contributed by atoms with Crippen molar-refractivity contribution in [1.82, 2.24) is 18.8 Å². The van der Waals surface area contributed by atoms with Crippen molar-refractivity contribution in [2.45, 2.75) is 17.9 Å². The Bertz CT molecular complexity index is 1380. The second-order valence-electron chi connectivity index (χ2n) is 8.35. The zero-order chi connectivity index (χ0) is 25.3. The highest BCUT2D eigenvalue weighted by Crippen LogP contribution is 2.31. The molecule has 0 amide bonds. The number of piperazine rings is 1. The number of fused-ring (bicyclic) bond motifs is 1. The summed E-state index contributed by atoms with van der Waals surface area (Å²) in [4.78, 5) is 20.2. The van der Waals surface area contributed by atoms with Gasteiger partial charge in [-0.25, -0.2) is 13.4 Å². The van der Waals surface area contributed by atoms with Crippen LogP contribution in [-0.2, 0) is 17.1 Å². The van der Waals surface area contributed by atoms with Crippen molar-refractivity contribution < 1.29 is 22.6 Å². The maximum atomic E-state index is 13.1. The highest BCUT2D eigenvalue weighted by Gasteiger charge is 2.31. The van der Waals surface area contributed by atoms with Gasteiger partial charge < -0.3 is 14.2 Å². The Morgan fingerprint density at radius 3 is 2.09 bits per heavy atom. The summed E-state index contributed by atoms with van der Waals surface area (Å²) in [5.74, 6) is 2.17. The predicted molar refractivity (Wildman–Crippen MR) is 132 cm³/mol. The zero-order valence-electron chi connectivity index (χ0n) is 20.5. The lowest BCUT2D eigenvalue weighted by Crippen LogP contribution is -2.49. The van der Waals surface area contributed by atoms with E-state index in [0.717, 1.165) is 0 Å². The summed E-state index contributed by atoms with van der Waals surface area (Å²) in [5, 5.41) is 0.441. The maximum absolute atomic E-state index is 13.1. The van der Waals surface area contributed by atoms with E-state index < -0.39 is 10.0 Å². The summed E-state index contributed by atoms with van der Waals surface area (Å²) in [6, 6.07) is 9.54. The molecule has 2 aromatic carbocycles. The third-order valence-corrected chi connectivity index (χ3v) is 8.42. The molecule has 3 aromatic rings. The van der Waals surface area contributed by atoms with Crippen LogP contribution in [0.2, 0.25) is 0 Å². The van der Waals surface area contributed by atoms with Gasteiger partial charge in [-0.3, -0.25) is 14.3 Å². The minimum Gasteiger partial charge on any atom is -0.497 e. The molecule has 0 aliphatic carbocycles. The van der Waals surface area contributed by atoms with Crippen molar-refractivity contribution in [3.63, 3.8) is 0 Å². The lowest BCUT2D eigenvalue weighted by Gasteiger charge is -2.37. The predicted octanol–water partition coefficient (Wildman–Crippen LogP) is 2.03. The maximum Gasteiger partial charge on any atom is 0.261 e. The van der Waals surface area contributed by atoms with Crippen LogP contribution in [0.4, 0.5) is 0 Å². The van der Waals surface area contributed by atoms with Gasteiger partial charge in [-0.1, -0.05) is 0 Å². The second kappa shape index (κ2) is 9.84. The summed E-state index contributed by atoms with van der Waals surface area (Å²) in [6.07, 6.45) is 0. The summed E-state index contributed by atoms with van der Waals surface area (Å²) in [6.45, 7) is 3.67. The number of hydrogen-bond acceptors (Lipinski definition) is 8. The van der Waals surface area contributed by atoms with Crippen LogP contribution in [0.1, 0.15) is 18.8 Å². The van der Waals surface area contributed by atoms with Crippen LogP contribution in [-0.4, -0.2) is 74.7 Å². The van der Waals surface area contributed by atoms with E-state index in [4.69, 9.17) is 19.2 Å². The molecule has 0 N–H and O–H groups in total. The number of benzene rings is 2. The lowest BCUT2D eigenvalue weighted by molar-refractivity contribution is 0.139. The Kier molecular flexibility index (Phi) is 7.02. The Labute approximate surface area is 204 Å². The van der Waals surface area contributed by atoms with E-state index >= 15 is 0 Å². The molecule has 1 aliphatic heterocycles. The molecule has 188 valence electrons. The molecular weight excluding hydrogens is 472 g/mol. The molecule has 0 saturated carbocycles. The number of ether oxygens (including phenoxy) is 3. The molecule has 0 radical (unpaired) electrons. The van der Waals surface area contributed by atoms with Gasteiger partial charge in [-0.15, -0.1) is 0 Å². The first kappa shape index (κ1) is 25.0. The molecule has 1 aromatic heterocycles. The Balaban J connectivity index is 1.56. The molecular formula is C24H30N4O6S. The van der Waals surface area contributed by atoms with Crippen molar-refractivity contribution >= 4 is 20.9 Å². The van der Waals surface area contributed by atoms with E-state index in [1.165, 1.54) is 25.6 Å². The van der Waals surface area contributed by atoms with E-state index in [1.54, 1.807) is 48.0 Å². The van der Waals surface area contributed by atoms with Crippen molar-refractivity contribution in [3.05, 3.63) is 52.6 Å². The first-order chi connectivity index (χ1) is 16.7. The van der Waals surface area contributed by atoms with Gasteiger partial charge >= 0.3 is 0 Å². The average Bonchev–Trinajstić information content (AvgIpc) is 2.89. The second-order valence-corrected chi connectivity index (χ2v) is 10.3. The van der Waals surface area contributed by atoms with Crippen molar-refractivity contribution in [3.8, 4) is 17.2 Å². The third kappa shape index (κ3) is 4.58. The molecule has 10 nitrogen and oxygen atoms in total. The fourth-order valence-corrected chi connectivity index (χ4v) is 5.80. The van der Waals surface area contributed by atoms with Crippen molar-refractivity contribution in [2.24, 2.45) is 7.05 Å². The smallest absolute Gasteiger partial charge is 0.261 e. The number of aromatic nitrogens is 2. The highest BCUT2D eigenvalue weighted by atomic mass is 32.2. The van der Waals surface area contributed by atoms with Crippen LogP contribution in [0.5, 0.6) is 17.2 Å². The van der Waals surface area contributed by atoms with Gasteiger partial charge in [-0.2, -0.15) is 4.31 Å². The highest BCUT2D eigenvalue weighted by molar-refractivity contribution is 7.89. The summed E-state index contributed by atoms with van der Waals surface area (Å²) in [7, 11) is 2.69. The molecule has 2 heterocycles. The largest absolute Gasteiger partial charge is 0.497 e. The fourth-order valence-electron chi connectivity index (χ4n) is 4.38. The van der Waals surface area contributed by atoms with Gasteiger partial charge in [0.1, 0.15) is 11.6 Å². The molecule has 11 heteroatoms. The molecule has 4 rings (SSSR count). The van der Waals surface area contributed by atoms with Crippen molar-refractivity contribution in [2.75, 3.05) is 47.5 Å². The van der Waals surface area contributed by atoms with Crippen LogP contribution in [0.25, 0.3) is 10.9 Å². The minimum atomic E-state index is -3.60. The topological polar surface area (TPSA) is 103 Å². The zero-order valence-corrected chi connectivity index (χ0v) is 21.3. The quantitative estimate of drug-likeness (QED) is 0.484. The molecule has 1 fully saturated rings. The molecule has 35 heavy (non-hydrogen) atoms. The van der Waals surface area contributed by atoms with E-state index in [9.17, 15) is 13.2 Å². The summed E-state index contributed by atoms with van der Waals surface area (Å²) in [5.41, 5.74) is 0.340. The lowest BCUT2D eigenvalue weighted by atomic mass is 10.1.